The Kier molecular flexibility index (Phi) is 5.59. The minimum Gasteiger partial charge on any atom is -0.397 e. The lowest BCUT2D eigenvalue weighted by atomic mass is 10.1. The Labute approximate surface area is 113 Å². The molecule has 1 atom stereocenters. The molecule has 0 heterocycles. The number of nitrogens with one attached hydrogen (secondary N) is 1. The van der Waals surface area contributed by atoms with E-state index in [2.05, 4.69) is 5.32 Å². The van der Waals surface area contributed by atoms with Crippen molar-refractivity contribution in [3.63, 3.8) is 0 Å². The molecular formula is C13H22N4O2. The number of benzene rings is 1. The van der Waals surface area contributed by atoms with Gasteiger partial charge in [0.15, 0.2) is 0 Å². The molecule has 0 fully saturated rings. The highest BCUT2D eigenvalue weighted by Gasteiger charge is 2.13. The van der Waals surface area contributed by atoms with Crippen LogP contribution in [0, 0.1) is 0 Å². The number of carbonyl (C=O) groups excluding carboxylic acids is 1. The number of hydrogen-bond acceptors (Lipinski definition) is 5. The predicted molar refractivity (Wildman–Crippen MR) is 76.7 cm³/mol. The minimum atomic E-state index is -0.381. The van der Waals surface area contributed by atoms with Gasteiger partial charge in [-0.3, -0.25) is 4.79 Å². The van der Waals surface area contributed by atoms with Crippen LogP contribution in [0.3, 0.4) is 0 Å². The van der Waals surface area contributed by atoms with Gasteiger partial charge in [-0.2, -0.15) is 0 Å². The first kappa shape index (κ1) is 15.3. The van der Waals surface area contributed by atoms with Crippen molar-refractivity contribution in [3.05, 3.63) is 23.8 Å². The van der Waals surface area contributed by atoms with E-state index in [1.54, 1.807) is 25.1 Å². The van der Waals surface area contributed by atoms with E-state index in [1.807, 2.05) is 19.0 Å². The molecule has 5 N–H and O–H groups in total. The highest BCUT2D eigenvalue weighted by molar-refractivity contribution is 6.01. The second-order valence-electron chi connectivity index (χ2n) is 4.60. The maximum absolute atomic E-state index is 12.0. The Hall–Kier alpha value is -1.79. The predicted octanol–water partition coefficient (Wildman–Crippen LogP) is 0.505. The summed E-state index contributed by atoms with van der Waals surface area (Å²) in [7, 11) is 3.92. The maximum atomic E-state index is 12.0. The first-order chi connectivity index (χ1) is 8.91. The number of nitrogen functional groups attached to an aromatic ring is 2. The van der Waals surface area contributed by atoms with Crippen molar-refractivity contribution in [1.82, 2.24) is 10.2 Å². The number of nitrogens with two attached hydrogens (primary N) is 2. The first-order valence-corrected chi connectivity index (χ1v) is 6.13. The van der Waals surface area contributed by atoms with E-state index < -0.39 is 0 Å². The fourth-order valence-electron chi connectivity index (χ4n) is 1.50. The Morgan fingerprint density at radius 2 is 2.11 bits per heavy atom. The number of para-hydroxylation sites is 1. The van der Waals surface area contributed by atoms with Crippen LogP contribution in [0.1, 0.15) is 17.3 Å². The molecule has 0 aliphatic carbocycles. The Morgan fingerprint density at radius 1 is 1.42 bits per heavy atom. The van der Waals surface area contributed by atoms with Gasteiger partial charge in [-0.25, -0.2) is 0 Å². The molecule has 1 aromatic carbocycles. The van der Waals surface area contributed by atoms with Crippen LogP contribution in [0.5, 0.6) is 0 Å². The lowest BCUT2D eigenvalue weighted by Gasteiger charge is -2.17. The molecule has 1 rings (SSSR count). The van der Waals surface area contributed by atoms with Crippen LogP contribution in [-0.4, -0.2) is 44.3 Å². The standard InChI is InChI=1S/C13H22N4O2/c1-9(19-8-7-17(2)3)16-13(18)10-5-4-6-11(14)12(10)15/h4-6,9H,7-8,14-15H2,1-3H3,(H,16,18). The first-order valence-electron chi connectivity index (χ1n) is 6.13. The molecule has 19 heavy (non-hydrogen) atoms. The third-order valence-corrected chi connectivity index (χ3v) is 2.63. The number of anilines is 2. The number of hydrogen-bond donors (Lipinski definition) is 3. The van der Waals surface area contributed by atoms with Crippen molar-refractivity contribution < 1.29 is 9.53 Å². The quantitative estimate of drug-likeness (QED) is 0.515. The number of amides is 1. The second kappa shape index (κ2) is 6.96. The molecular weight excluding hydrogens is 244 g/mol. The fraction of sp³-hybridized carbons (Fsp3) is 0.462. The molecule has 0 saturated carbocycles. The van der Waals surface area contributed by atoms with E-state index >= 15 is 0 Å². The fourth-order valence-corrected chi connectivity index (χ4v) is 1.50. The van der Waals surface area contributed by atoms with E-state index in [9.17, 15) is 4.79 Å². The van der Waals surface area contributed by atoms with Gasteiger partial charge in [-0.1, -0.05) is 6.07 Å². The third kappa shape index (κ3) is 4.76. The van der Waals surface area contributed by atoms with Gasteiger partial charge in [0.2, 0.25) is 0 Å². The molecule has 1 unspecified atom stereocenters. The molecule has 106 valence electrons. The van der Waals surface area contributed by atoms with Crippen molar-refractivity contribution in [3.8, 4) is 0 Å². The Bertz CT molecular complexity index is 435. The normalized spacial score (nSPS) is 12.4. The van der Waals surface area contributed by atoms with E-state index in [1.165, 1.54) is 0 Å². The topological polar surface area (TPSA) is 93.6 Å². The summed E-state index contributed by atoms with van der Waals surface area (Å²) in [5, 5.41) is 2.72. The highest BCUT2D eigenvalue weighted by Crippen LogP contribution is 2.19. The minimum absolute atomic E-state index is 0.290. The van der Waals surface area contributed by atoms with Gasteiger partial charge in [-0.05, 0) is 33.2 Å². The van der Waals surface area contributed by atoms with E-state index in [0.29, 0.717) is 23.5 Å². The summed E-state index contributed by atoms with van der Waals surface area (Å²) >= 11 is 0. The summed E-state index contributed by atoms with van der Waals surface area (Å²) in [6.07, 6.45) is -0.381. The SMILES string of the molecule is CC(NC(=O)c1cccc(N)c1N)OCCN(C)C. The molecule has 0 aromatic heterocycles. The molecule has 1 amide bonds. The van der Waals surface area contributed by atoms with Crippen LogP contribution < -0.4 is 16.8 Å². The molecule has 0 aliphatic rings. The number of ether oxygens (including phenoxy) is 1. The van der Waals surface area contributed by atoms with Crippen LogP contribution >= 0.6 is 0 Å². The molecule has 0 saturated heterocycles. The van der Waals surface area contributed by atoms with Gasteiger partial charge in [0.25, 0.3) is 5.91 Å². The van der Waals surface area contributed by atoms with E-state index in [0.717, 1.165) is 6.54 Å². The summed E-state index contributed by atoms with van der Waals surface area (Å²) in [6, 6.07) is 4.98. The average molecular weight is 266 g/mol. The molecule has 0 bridgehead atoms. The lowest BCUT2D eigenvalue weighted by Crippen LogP contribution is -2.36. The monoisotopic (exact) mass is 266 g/mol. The van der Waals surface area contributed by atoms with Crippen molar-refractivity contribution in [2.45, 2.75) is 13.2 Å². The van der Waals surface area contributed by atoms with Crippen molar-refractivity contribution in [2.75, 3.05) is 38.7 Å². The average Bonchev–Trinajstić information content (AvgIpc) is 2.31. The summed E-state index contributed by atoms with van der Waals surface area (Å²) in [4.78, 5) is 14.0. The van der Waals surface area contributed by atoms with Gasteiger partial charge in [0.1, 0.15) is 6.23 Å². The molecule has 0 spiro atoms. The lowest BCUT2D eigenvalue weighted by molar-refractivity contribution is 0.0321. The van der Waals surface area contributed by atoms with Crippen molar-refractivity contribution in [1.29, 1.82) is 0 Å². The zero-order chi connectivity index (χ0) is 14.4. The van der Waals surface area contributed by atoms with Gasteiger partial charge in [0.05, 0.1) is 23.5 Å². The second-order valence-corrected chi connectivity index (χ2v) is 4.60. The van der Waals surface area contributed by atoms with Crippen molar-refractivity contribution >= 4 is 17.3 Å². The number of nitrogens with zero attached hydrogens (tertiary/aromatic N) is 1. The maximum Gasteiger partial charge on any atom is 0.255 e. The zero-order valence-corrected chi connectivity index (χ0v) is 11.6. The van der Waals surface area contributed by atoms with Crippen LogP contribution in [0.25, 0.3) is 0 Å². The number of rotatable bonds is 6. The van der Waals surface area contributed by atoms with Gasteiger partial charge in [0, 0.05) is 6.54 Å². The summed E-state index contributed by atoms with van der Waals surface area (Å²) in [6.45, 7) is 3.11. The largest absolute Gasteiger partial charge is 0.397 e. The van der Waals surface area contributed by atoms with Crippen LogP contribution in [0.4, 0.5) is 11.4 Å². The highest BCUT2D eigenvalue weighted by atomic mass is 16.5. The van der Waals surface area contributed by atoms with E-state index in [4.69, 9.17) is 16.2 Å². The Balaban J connectivity index is 2.52. The molecule has 6 heteroatoms. The van der Waals surface area contributed by atoms with Gasteiger partial charge >= 0.3 is 0 Å². The summed E-state index contributed by atoms with van der Waals surface area (Å²) in [5.74, 6) is -0.290. The van der Waals surface area contributed by atoms with Crippen LogP contribution in [0.2, 0.25) is 0 Å². The zero-order valence-electron chi connectivity index (χ0n) is 11.6. The van der Waals surface area contributed by atoms with Gasteiger partial charge < -0.3 is 26.4 Å². The van der Waals surface area contributed by atoms with Crippen LogP contribution in [0.15, 0.2) is 18.2 Å². The smallest absolute Gasteiger partial charge is 0.255 e. The molecule has 0 aliphatic heterocycles. The summed E-state index contributed by atoms with van der Waals surface area (Å²) in [5.41, 5.74) is 12.5. The van der Waals surface area contributed by atoms with Crippen molar-refractivity contribution in [2.24, 2.45) is 0 Å². The molecule has 6 nitrogen and oxygen atoms in total. The Morgan fingerprint density at radius 3 is 2.74 bits per heavy atom. The summed E-state index contributed by atoms with van der Waals surface area (Å²) < 4.78 is 5.47. The molecule has 0 radical (unpaired) electrons. The number of likely N-dealkylation sites (N-methyl/N-ethyl adjacent to an activating group) is 1. The third-order valence-electron chi connectivity index (χ3n) is 2.63. The van der Waals surface area contributed by atoms with Gasteiger partial charge in [-0.15, -0.1) is 0 Å². The van der Waals surface area contributed by atoms with Crippen LogP contribution in [-0.2, 0) is 4.74 Å². The molecule has 1 aromatic rings. The number of carbonyl (C=O) groups is 1. The van der Waals surface area contributed by atoms with E-state index in [-0.39, 0.29) is 12.1 Å².